The second-order valence-electron chi connectivity index (χ2n) is 9.17. The fourth-order valence-corrected chi connectivity index (χ4v) is 5.75. The van der Waals surface area contributed by atoms with Crippen molar-refractivity contribution in [1.82, 2.24) is 10.2 Å². The fourth-order valence-electron chi connectivity index (χ4n) is 4.03. The largest absolute Gasteiger partial charge is 0.352 e. The lowest BCUT2D eigenvalue weighted by Crippen LogP contribution is -2.53. The first kappa shape index (κ1) is 30.5. The number of sulfonamides is 1. The van der Waals surface area contributed by atoms with Crippen LogP contribution in [-0.4, -0.2) is 43.8 Å². The molecule has 2 atom stereocenters. The highest BCUT2D eigenvalue weighted by atomic mass is 35.5. The van der Waals surface area contributed by atoms with E-state index in [2.05, 4.69) is 5.32 Å². The lowest BCUT2D eigenvalue weighted by molar-refractivity contribution is -0.140. The molecule has 3 aromatic carbocycles. The van der Waals surface area contributed by atoms with Gasteiger partial charge in [0.25, 0.3) is 10.0 Å². The molecule has 0 heterocycles. The minimum absolute atomic E-state index is 0.0139. The number of nitrogens with one attached hydrogen (secondary N) is 1. The molecule has 39 heavy (non-hydrogen) atoms. The summed E-state index contributed by atoms with van der Waals surface area (Å²) in [5, 5.41) is 3.36. The Bertz CT molecular complexity index is 1370. The normalized spacial score (nSPS) is 12.8. The average molecular weight is 591 g/mol. The molecule has 0 aromatic heterocycles. The molecule has 0 aliphatic carbocycles. The molecule has 208 valence electrons. The molecule has 3 aromatic rings. The van der Waals surface area contributed by atoms with Crippen LogP contribution in [0.25, 0.3) is 0 Å². The lowest BCUT2D eigenvalue weighted by atomic mass is 10.1. The third kappa shape index (κ3) is 7.75. The Labute approximate surface area is 240 Å². The van der Waals surface area contributed by atoms with E-state index in [0.29, 0.717) is 6.42 Å². The topological polar surface area (TPSA) is 86.8 Å². The molecule has 0 aliphatic rings. The van der Waals surface area contributed by atoms with Crippen LogP contribution in [0.5, 0.6) is 0 Å². The molecular formula is C29H33Cl2N3O4S. The van der Waals surface area contributed by atoms with Gasteiger partial charge < -0.3 is 10.2 Å². The summed E-state index contributed by atoms with van der Waals surface area (Å²) in [5.74, 6) is -0.821. The van der Waals surface area contributed by atoms with Gasteiger partial charge in [-0.3, -0.25) is 13.9 Å². The van der Waals surface area contributed by atoms with Crippen LogP contribution < -0.4 is 9.62 Å². The zero-order valence-corrected chi connectivity index (χ0v) is 24.5. The molecule has 7 nitrogen and oxygen atoms in total. The minimum atomic E-state index is -4.18. The molecule has 3 rings (SSSR count). The van der Waals surface area contributed by atoms with Gasteiger partial charge in [0.1, 0.15) is 12.6 Å². The van der Waals surface area contributed by atoms with E-state index in [-0.39, 0.29) is 39.1 Å². The van der Waals surface area contributed by atoms with E-state index in [1.165, 1.54) is 35.2 Å². The van der Waals surface area contributed by atoms with Crippen LogP contribution in [0.4, 0.5) is 5.69 Å². The third-order valence-electron chi connectivity index (χ3n) is 6.38. The van der Waals surface area contributed by atoms with Gasteiger partial charge in [-0.05, 0) is 55.7 Å². The molecule has 1 N–H and O–H groups in total. The van der Waals surface area contributed by atoms with Crippen LogP contribution in [0.1, 0.15) is 39.2 Å². The standard InChI is InChI=1S/C29H33Cl2N3O4S/c1-4-21(3)32-29(36)27(5-2)33(19-22-12-8-6-9-13-22)28(35)20-34(23-16-17-25(30)26(31)18-23)39(37,38)24-14-10-7-11-15-24/h6-18,21,27H,4-5,19-20H2,1-3H3,(H,32,36)/t21-,27-/m1/s1. The van der Waals surface area contributed by atoms with Crippen molar-refractivity contribution >= 4 is 50.7 Å². The number of benzene rings is 3. The molecule has 0 unspecified atom stereocenters. The van der Waals surface area contributed by atoms with Crippen molar-refractivity contribution in [3.63, 3.8) is 0 Å². The molecule has 0 saturated heterocycles. The highest BCUT2D eigenvalue weighted by molar-refractivity contribution is 7.92. The van der Waals surface area contributed by atoms with E-state index < -0.39 is 28.5 Å². The minimum Gasteiger partial charge on any atom is -0.352 e. The second kappa shape index (κ2) is 13.8. The Hall–Kier alpha value is -3.07. The van der Waals surface area contributed by atoms with Crippen LogP contribution in [0, 0.1) is 0 Å². The Kier molecular flexibility index (Phi) is 10.8. The van der Waals surface area contributed by atoms with E-state index in [9.17, 15) is 18.0 Å². The number of hydrogen-bond acceptors (Lipinski definition) is 4. The molecule has 10 heteroatoms. The van der Waals surface area contributed by atoms with Crippen molar-refractivity contribution in [2.75, 3.05) is 10.8 Å². The number of rotatable bonds is 12. The van der Waals surface area contributed by atoms with Crippen molar-refractivity contribution in [3.8, 4) is 0 Å². The summed E-state index contributed by atoms with van der Waals surface area (Å²) in [4.78, 5) is 28.7. The first-order valence-corrected chi connectivity index (χ1v) is 14.9. The van der Waals surface area contributed by atoms with Crippen molar-refractivity contribution in [1.29, 1.82) is 0 Å². The maximum Gasteiger partial charge on any atom is 0.264 e. The highest BCUT2D eigenvalue weighted by Crippen LogP contribution is 2.31. The van der Waals surface area contributed by atoms with Crippen molar-refractivity contribution in [3.05, 3.63) is 94.5 Å². The van der Waals surface area contributed by atoms with Crippen LogP contribution in [0.15, 0.2) is 83.8 Å². The predicted molar refractivity (Wildman–Crippen MR) is 156 cm³/mol. The number of amides is 2. The summed E-state index contributed by atoms with van der Waals surface area (Å²) in [5.41, 5.74) is 0.992. The second-order valence-corrected chi connectivity index (χ2v) is 11.8. The van der Waals surface area contributed by atoms with Gasteiger partial charge in [0, 0.05) is 12.6 Å². The zero-order chi connectivity index (χ0) is 28.6. The fraction of sp³-hybridized carbons (Fsp3) is 0.310. The van der Waals surface area contributed by atoms with Crippen molar-refractivity contribution in [2.24, 2.45) is 0 Å². The molecular weight excluding hydrogens is 557 g/mol. The van der Waals surface area contributed by atoms with E-state index in [1.807, 2.05) is 51.1 Å². The van der Waals surface area contributed by atoms with Gasteiger partial charge in [0.2, 0.25) is 11.8 Å². The summed E-state index contributed by atoms with van der Waals surface area (Å²) in [6.45, 7) is 5.26. The van der Waals surface area contributed by atoms with Crippen molar-refractivity contribution in [2.45, 2.75) is 57.1 Å². The Morgan fingerprint density at radius 3 is 2.05 bits per heavy atom. The summed E-state index contributed by atoms with van der Waals surface area (Å²) >= 11 is 12.3. The van der Waals surface area contributed by atoms with E-state index in [1.54, 1.807) is 18.2 Å². The maximum absolute atomic E-state index is 14.0. The molecule has 0 bridgehead atoms. The van der Waals surface area contributed by atoms with Gasteiger partial charge in [-0.25, -0.2) is 8.42 Å². The van der Waals surface area contributed by atoms with Gasteiger partial charge in [-0.1, -0.05) is 85.6 Å². The zero-order valence-electron chi connectivity index (χ0n) is 22.2. The number of nitrogens with zero attached hydrogens (tertiary/aromatic N) is 2. The van der Waals surface area contributed by atoms with Crippen LogP contribution in [-0.2, 0) is 26.2 Å². The van der Waals surface area contributed by atoms with E-state index in [0.717, 1.165) is 16.3 Å². The maximum atomic E-state index is 14.0. The van der Waals surface area contributed by atoms with Crippen LogP contribution >= 0.6 is 23.2 Å². The lowest BCUT2D eigenvalue weighted by Gasteiger charge is -2.33. The Morgan fingerprint density at radius 1 is 0.872 bits per heavy atom. The SMILES string of the molecule is CC[C@@H](C)NC(=O)[C@@H](CC)N(Cc1ccccc1)C(=O)CN(c1ccc(Cl)c(Cl)c1)S(=O)(=O)c1ccccc1. The summed E-state index contributed by atoms with van der Waals surface area (Å²) in [6.07, 6.45) is 1.08. The quantitative estimate of drug-likeness (QED) is 0.284. The molecule has 0 saturated carbocycles. The predicted octanol–water partition coefficient (Wildman–Crippen LogP) is 5.91. The molecule has 0 radical (unpaired) electrons. The highest BCUT2D eigenvalue weighted by Gasteiger charge is 2.34. The molecule has 0 spiro atoms. The summed E-state index contributed by atoms with van der Waals surface area (Å²) in [7, 11) is -4.18. The number of halogens is 2. The molecule has 0 aliphatic heterocycles. The van der Waals surface area contributed by atoms with E-state index in [4.69, 9.17) is 23.2 Å². The van der Waals surface area contributed by atoms with Gasteiger partial charge in [-0.2, -0.15) is 0 Å². The number of anilines is 1. The first-order chi connectivity index (χ1) is 18.6. The summed E-state index contributed by atoms with van der Waals surface area (Å²) < 4.78 is 28.6. The number of carbonyl (C=O) groups excluding carboxylic acids is 2. The Morgan fingerprint density at radius 2 is 1.49 bits per heavy atom. The monoisotopic (exact) mass is 589 g/mol. The van der Waals surface area contributed by atoms with Gasteiger partial charge in [-0.15, -0.1) is 0 Å². The van der Waals surface area contributed by atoms with Crippen molar-refractivity contribution < 1.29 is 18.0 Å². The number of hydrogen-bond donors (Lipinski definition) is 1. The summed E-state index contributed by atoms with van der Waals surface area (Å²) in [6, 6.07) is 20.6. The van der Waals surface area contributed by atoms with Gasteiger partial charge >= 0.3 is 0 Å². The third-order valence-corrected chi connectivity index (χ3v) is 8.91. The van der Waals surface area contributed by atoms with Gasteiger partial charge in [0.15, 0.2) is 0 Å². The molecule has 0 fully saturated rings. The van der Waals surface area contributed by atoms with E-state index >= 15 is 0 Å². The smallest absolute Gasteiger partial charge is 0.264 e. The average Bonchev–Trinajstić information content (AvgIpc) is 2.93. The van der Waals surface area contributed by atoms with Gasteiger partial charge in [0.05, 0.1) is 20.6 Å². The molecule has 2 amide bonds. The first-order valence-electron chi connectivity index (χ1n) is 12.7. The van der Waals surface area contributed by atoms with Crippen LogP contribution in [0.3, 0.4) is 0 Å². The Balaban J connectivity index is 2.06. The number of carbonyl (C=O) groups is 2. The van der Waals surface area contributed by atoms with Crippen LogP contribution in [0.2, 0.25) is 10.0 Å².